The van der Waals surface area contributed by atoms with Gasteiger partial charge in [-0.1, -0.05) is 12.1 Å². The molecule has 0 heterocycles. The standard InChI is InChI=1S/C10H16N2.2ClH/c1-9-4-3-5-10(8-9)12(2)7-6-11;;/h3-5,8H,6-7,11H2,1-2H3;2*1H. The maximum absolute atomic E-state index is 5.46. The number of hydrogen-bond acceptors (Lipinski definition) is 2. The van der Waals surface area contributed by atoms with Crippen LogP contribution in [0.2, 0.25) is 0 Å². The number of nitrogens with zero attached hydrogens (tertiary/aromatic N) is 1. The van der Waals surface area contributed by atoms with E-state index in [1.807, 2.05) is 0 Å². The van der Waals surface area contributed by atoms with Crippen LogP contribution in [0.1, 0.15) is 5.56 Å². The van der Waals surface area contributed by atoms with E-state index in [1.165, 1.54) is 11.3 Å². The quantitative estimate of drug-likeness (QED) is 0.873. The monoisotopic (exact) mass is 236 g/mol. The number of rotatable bonds is 3. The van der Waals surface area contributed by atoms with Gasteiger partial charge >= 0.3 is 0 Å². The van der Waals surface area contributed by atoms with Gasteiger partial charge in [0, 0.05) is 25.8 Å². The lowest BCUT2D eigenvalue weighted by Crippen LogP contribution is -2.24. The number of benzene rings is 1. The molecule has 2 N–H and O–H groups in total. The van der Waals surface area contributed by atoms with Gasteiger partial charge in [0.1, 0.15) is 0 Å². The third-order valence-electron chi connectivity index (χ3n) is 1.91. The SMILES string of the molecule is Cc1cccc(N(C)CCN)c1.Cl.Cl. The molecule has 0 amide bonds. The molecule has 0 aliphatic rings. The van der Waals surface area contributed by atoms with Gasteiger partial charge in [-0.25, -0.2) is 0 Å². The predicted octanol–water partition coefficient (Wildman–Crippen LogP) is 2.23. The van der Waals surface area contributed by atoms with Crippen molar-refractivity contribution in [3.63, 3.8) is 0 Å². The molecule has 0 saturated carbocycles. The van der Waals surface area contributed by atoms with Crippen LogP contribution in [0.15, 0.2) is 24.3 Å². The average Bonchev–Trinajstić information content (AvgIpc) is 2.05. The normalized spacial score (nSPS) is 8.50. The summed E-state index contributed by atoms with van der Waals surface area (Å²) in [5.41, 5.74) is 7.99. The number of halogens is 2. The van der Waals surface area contributed by atoms with E-state index in [0.717, 1.165) is 6.54 Å². The molecule has 1 rings (SSSR count). The van der Waals surface area contributed by atoms with Gasteiger partial charge in [-0.05, 0) is 24.6 Å². The first-order chi connectivity index (χ1) is 5.74. The van der Waals surface area contributed by atoms with Crippen LogP contribution in [0.5, 0.6) is 0 Å². The number of anilines is 1. The van der Waals surface area contributed by atoms with Crippen molar-refractivity contribution >= 4 is 30.5 Å². The van der Waals surface area contributed by atoms with Crippen LogP contribution in [0, 0.1) is 6.92 Å². The van der Waals surface area contributed by atoms with Gasteiger partial charge in [-0.15, -0.1) is 24.8 Å². The molecular formula is C10H18Cl2N2. The summed E-state index contributed by atoms with van der Waals surface area (Å²) in [6, 6.07) is 8.43. The summed E-state index contributed by atoms with van der Waals surface area (Å²) in [6.45, 7) is 3.70. The minimum Gasteiger partial charge on any atom is -0.373 e. The summed E-state index contributed by atoms with van der Waals surface area (Å²) in [7, 11) is 2.06. The highest BCUT2D eigenvalue weighted by Crippen LogP contribution is 2.13. The minimum absolute atomic E-state index is 0. The van der Waals surface area contributed by atoms with Crippen LogP contribution >= 0.6 is 24.8 Å². The summed E-state index contributed by atoms with van der Waals surface area (Å²) < 4.78 is 0. The smallest absolute Gasteiger partial charge is 0.0366 e. The summed E-state index contributed by atoms with van der Waals surface area (Å²) in [4.78, 5) is 2.16. The molecular weight excluding hydrogens is 219 g/mol. The molecule has 0 bridgehead atoms. The maximum atomic E-state index is 5.46. The molecule has 1 aromatic carbocycles. The molecule has 0 saturated heterocycles. The third-order valence-corrected chi connectivity index (χ3v) is 1.91. The highest BCUT2D eigenvalue weighted by atomic mass is 35.5. The van der Waals surface area contributed by atoms with Crippen molar-refractivity contribution in [1.82, 2.24) is 0 Å². The summed E-state index contributed by atoms with van der Waals surface area (Å²) in [5.74, 6) is 0. The summed E-state index contributed by atoms with van der Waals surface area (Å²) in [5, 5.41) is 0. The second-order valence-electron chi connectivity index (χ2n) is 3.05. The van der Waals surface area contributed by atoms with Gasteiger partial charge in [0.25, 0.3) is 0 Å². The van der Waals surface area contributed by atoms with Crippen LogP contribution in [0.3, 0.4) is 0 Å². The van der Waals surface area contributed by atoms with Crippen molar-refractivity contribution < 1.29 is 0 Å². The molecule has 0 radical (unpaired) electrons. The van der Waals surface area contributed by atoms with E-state index in [4.69, 9.17) is 5.73 Å². The zero-order valence-electron chi connectivity index (χ0n) is 8.56. The van der Waals surface area contributed by atoms with Crippen LogP contribution in [0.25, 0.3) is 0 Å². The number of likely N-dealkylation sites (N-methyl/N-ethyl adjacent to an activating group) is 1. The Bertz CT molecular complexity index is 254. The Morgan fingerprint density at radius 1 is 1.29 bits per heavy atom. The first kappa shape index (κ1) is 16.0. The van der Waals surface area contributed by atoms with Crippen LogP contribution in [-0.4, -0.2) is 20.1 Å². The Morgan fingerprint density at radius 3 is 2.43 bits per heavy atom. The number of nitrogens with two attached hydrogens (primary N) is 1. The largest absolute Gasteiger partial charge is 0.373 e. The molecule has 4 heteroatoms. The molecule has 0 aliphatic carbocycles. The molecule has 0 unspecified atom stereocenters. The fourth-order valence-corrected chi connectivity index (χ4v) is 1.19. The fraction of sp³-hybridized carbons (Fsp3) is 0.400. The maximum Gasteiger partial charge on any atom is 0.0366 e. The Kier molecular flexibility index (Phi) is 9.05. The van der Waals surface area contributed by atoms with E-state index < -0.39 is 0 Å². The van der Waals surface area contributed by atoms with E-state index in [9.17, 15) is 0 Å². The van der Waals surface area contributed by atoms with Crippen LogP contribution in [-0.2, 0) is 0 Å². The molecule has 0 aliphatic heterocycles. The molecule has 0 fully saturated rings. The van der Waals surface area contributed by atoms with Crippen LogP contribution < -0.4 is 10.6 Å². The summed E-state index contributed by atoms with van der Waals surface area (Å²) >= 11 is 0. The Labute approximate surface area is 98.3 Å². The Balaban J connectivity index is 0. The first-order valence-corrected chi connectivity index (χ1v) is 4.22. The highest BCUT2D eigenvalue weighted by Gasteiger charge is 1.97. The Morgan fingerprint density at radius 2 is 1.93 bits per heavy atom. The summed E-state index contributed by atoms with van der Waals surface area (Å²) in [6.07, 6.45) is 0. The van der Waals surface area contributed by atoms with Gasteiger partial charge in [-0.2, -0.15) is 0 Å². The molecule has 2 nitrogen and oxygen atoms in total. The zero-order valence-corrected chi connectivity index (χ0v) is 10.2. The topological polar surface area (TPSA) is 29.3 Å². The lowest BCUT2D eigenvalue weighted by molar-refractivity contribution is 0.885. The lowest BCUT2D eigenvalue weighted by Gasteiger charge is -2.18. The van der Waals surface area contributed by atoms with Gasteiger partial charge in [0.05, 0.1) is 0 Å². The van der Waals surface area contributed by atoms with Crippen molar-refractivity contribution in [2.45, 2.75) is 6.92 Å². The molecule has 82 valence electrons. The third kappa shape index (κ3) is 4.70. The molecule has 0 atom stereocenters. The molecule has 1 aromatic rings. The van der Waals surface area contributed by atoms with E-state index in [2.05, 4.69) is 43.1 Å². The van der Waals surface area contributed by atoms with Gasteiger partial charge in [0.15, 0.2) is 0 Å². The lowest BCUT2D eigenvalue weighted by atomic mass is 10.2. The van der Waals surface area contributed by atoms with Crippen molar-refractivity contribution in [3.8, 4) is 0 Å². The minimum atomic E-state index is 0. The highest BCUT2D eigenvalue weighted by molar-refractivity contribution is 5.85. The zero-order chi connectivity index (χ0) is 8.97. The second kappa shape index (κ2) is 7.92. The van der Waals surface area contributed by atoms with Gasteiger partial charge < -0.3 is 10.6 Å². The van der Waals surface area contributed by atoms with Gasteiger partial charge in [-0.3, -0.25) is 0 Å². The van der Waals surface area contributed by atoms with Gasteiger partial charge in [0.2, 0.25) is 0 Å². The van der Waals surface area contributed by atoms with Crippen LogP contribution in [0.4, 0.5) is 5.69 Å². The van der Waals surface area contributed by atoms with E-state index in [-0.39, 0.29) is 24.8 Å². The molecule has 0 aromatic heterocycles. The molecule has 14 heavy (non-hydrogen) atoms. The van der Waals surface area contributed by atoms with Crippen molar-refractivity contribution in [1.29, 1.82) is 0 Å². The Hall–Kier alpha value is -0.440. The number of aryl methyl sites for hydroxylation is 1. The predicted molar refractivity (Wildman–Crippen MR) is 68.0 cm³/mol. The number of hydrogen-bond donors (Lipinski definition) is 1. The second-order valence-corrected chi connectivity index (χ2v) is 3.05. The van der Waals surface area contributed by atoms with Crippen molar-refractivity contribution in [2.24, 2.45) is 5.73 Å². The average molecular weight is 237 g/mol. The first-order valence-electron chi connectivity index (χ1n) is 4.22. The van der Waals surface area contributed by atoms with E-state index in [1.54, 1.807) is 0 Å². The van der Waals surface area contributed by atoms with E-state index >= 15 is 0 Å². The van der Waals surface area contributed by atoms with E-state index in [0.29, 0.717) is 6.54 Å². The van der Waals surface area contributed by atoms with Crippen molar-refractivity contribution in [2.75, 3.05) is 25.0 Å². The van der Waals surface area contributed by atoms with Crippen molar-refractivity contribution in [3.05, 3.63) is 29.8 Å². The fourth-order valence-electron chi connectivity index (χ4n) is 1.19. The molecule has 0 spiro atoms.